The quantitative estimate of drug-likeness (QED) is 0.608. The lowest BCUT2D eigenvalue weighted by atomic mass is 9.83. The van der Waals surface area contributed by atoms with Crippen LogP contribution in [-0.4, -0.2) is 30.4 Å². The first-order valence-corrected chi connectivity index (χ1v) is 6.03. The fourth-order valence-electron chi connectivity index (χ4n) is 1.45. The Hall–Kier alpha value is -0.580. The average molecular weight is 278 g/mol. The van der Waals surface area contributed by atoms with Crippen LogP contribution in [0.4, 0.5) is 0 Å². The Kier molecular flexibility index (Phi) is 5.08. The van der Waals surface area contributed by atoms with Crippen molar-refractivity contribution in [3.05, 3.63) is 0 Å². The summed E-state index contributed by atoms with van der Waals surface area (Å²) in [5.74, 6) is 0.212. The minimum absolute atomic E-state index is 0.0213. The molecule has 1 amide bonds. The third kappa shape index (κ3) is 4.20. The minimum Gasteiger partial charge on any atom is -0.468 e. The van der Waals surface area contributed by atoms with Crippen LogP contribution < -0.4 is 5.32 Å². The fourth-order valence-corrected chi connectivity index (χ4v) is 1.79. The van der Waals surface area contributed by atoms with E-state index < -0.39 is 4.83 Å². The molecular formula is C10H16BrNO3. The number of rotatable bonds is 5. The summed E-state index contributed by atoms with van der Waals surface area (Å²) in [6.45, 7) is 0.290. The van der Waals surface area contributed by atoms with Crippen molar-refractivity contribution in [2.75, 3.05) is 13.7 Å². The van der Waals surface area contributed by atoms with Gasteiger partial charge in [0, 0.05) is 13.0 Å². The van der Waals surface area contributed by atoms with E-state index in [4.69, 9.17) is 0 Å². The van der Waals surface area contributed by atoms with Crippen molar-refractivity contribution in [3.63, 3.8) is 0 Å². The molecule has 1 N–H and O–H groups in total. The zero-order valence-electron chi connectivity index (χ0n) is 8.79. The molecule has 0 aliphatic heterocycles. The molecule has 0 radical (unpaired) electrons. The molecule has 0 bridgehead atoms. The molecule has 15 heavy (non-hydrogen) atoms. The summed E-state index contributed by atoms with van der Waals surface area (Å²) in [4.78, 5) is 21.9. The van der Waals surface area contributed by atoms with E-state index in [0.717, 1.165) is 12.8 Å². The summed E-state index contributed by atoms with van der Waals surface area (Å²) in [5.41, 5.74) is 0. The largest absolute Gasteiger partial charge is 0.468 e. The summed E-state index contributed by atoms with van der Waals surface area (Å²) in [5, 5.41) is 2.71. The molecule has 1 aliphatic carbocycles. The first-order valence-electron chi connectivity index (χ1n) is 5.12. The zero-order valence-corrected chi connectivity index (χ0v) is 10.4. The van der Waals surface area contributed by atoms with E-state index in [9.17, 15) is 9.59 Å². The van der Waals surface area contributed by atoms with Gasteiger partial charge in [0.1, 0.15) is 4.83 Å². The normalized spacial score (nSPS) is 17.7. The SMILES string of the molecule is COC(=O)C(Br)CNC(=O)CC1CCC1. The molecule has 4 nitrogen and oxygen atoms in total. The van der Waals surface area contributed by atoms with Gasteiger partial charge in [0.05, 0.1) is 7.11 Å². The maximum atomic E-state index is 11.4. The lowest BCUT2D eigenvalue weighted by Gasteiger charge is -2.24. The topological polar surface area (TPSA) is 55.4 Å². The first kappa shape index (κ1) is 12.5. The van der Waals surface area contributed by atoms with Crippen LogP contribution in [0.15, 0.2) is 0 Å². The number of ether oxygens (including phenoxy) is 1. The van der Waals surface area contributed by atoms with Crippen LogP contribution >= 0.6 is 15.9 Å². The predicted octanol–water partition coefficient (Wildman–Crippen LogP) is 1.23. The first-order chi connectivity index (χ1) is 7.13. The molecular weight excluding hydrogens is 262 g/mol. The molecule has 0 heterocycles. The molecule has 0 spiro atoms. The highest BCUT2D eigenvalue weighted by Crippen LogP contribution is 2.29. The molecule has 0 aromatic heterocycles. The van der Waals surface area contributed by atoms with E-state index in [1.165, 1.54) is 13.5 Å². The Balaban J connectivity index is 2.12. The molecule has 1 fully saturated rings. The van der Waals surface area contributed by atoms with Crippen molar-refractivity contribution in [1.29, 1.82) is 0 Å². The van der Waals surface area contributed by atoms with Gasteiger partial charge in [-0.15, -0.1) is 0 Å². The third-order valence-electron chi connectivity index (χ3n) is 2.63. The van der Waals surface area contributed by atoms with E-state index in [1.54, 1.807) is 0 Å². The molecule has 1 rings (SSSR count). The summed E-state index contributed by atoms with van der Waals surface area (Å²) < 4.78 is 4.52. The monoisotopic (exact) mass is 277 g/mol. The molecule has 1 aliphatic rings. The van der Waals surface area contributed by atoms with Gasteiger partial charge in [-0.05, 0) is 18.8 Å². The standard InChI is InChI=1S/C10H16BrNO3/c1-15-10(14)8(11)6-12-9(13)5-7-3-2-4-7/h7-8H,2-6H2,1H3,(H,12,13). The Labute approximate surface area is 97.9 Å². The highest BCUT2D eigenvalue weighted by Gasteiger charge is 2.21. The lowest BCUT2D eigenvalue weighted by Crippen LogP contribution is -2.35. The molecule has 1 unspecified atom stereocenters. The number of methoxy groups -OCH3 is 1. The fraction of sp³-hybridized carbons (Fsp3) is 0.800. The van der Waals surface area contributed by atoms with Gasteiger partial charge in [0.15, 0.2) is 0 Å². The second-order valence-electron chi connectivity index (χ2n) is 3.80. The molecule has 1 saturated carbocycles. The number of nitrogens with one attached hydrogen (secondary N) is 1. The third-order valence-corrected chi connectivity index (χ3v) is 3.33. The van der Waals surface area contributed by atoms with Crippen LogP contribution in [0, 0.1) is 5.92 Å². The number of esters is 1. The van der Waals surface area contributed by atoms with Gasteiger partial charge in [0.2, 0.25) is 5.91 Å². The van der Waals surface area contributed by atoms with E-state index in [1.807, 2.05) is 0 Å². The van der Waals surface area contributed by atoms with E-state index in [-0.39, 0.29) is 18.4 Å². The number of carbonyl (C=O) groups is 2. The second kappa shape index (κ2) is 6.10. The Bertz CT molecular complexity index is 241. The van der Waals surface area contributed by atoms with Gasteiger partial charge < -0.3 is 10.1 Å². The number of hydrogen-bond acceptors (Lipinski definition) is 3. The van der Waals surface area contributed by atoms with E-state index >= 15 is 0 Å². The maximum absolute atomic E-state index is 11.4. The van der Waals surface area contributed by atoms with Gasteiger partial charge in [-0.25, -0.2) is 0 Å². The predicted molar refractivity (Wildman–Crippen MR) is 59.7 cm³/mol. The van der Waals surface area contributed by atoms with Crippen LogP contribution in [0.1, 0.15) is 25.7 Å². The van der Waals surface area contributed by atoms with Crippen LogP contribution in [0.3, 0.4) is 0 Å². The van der Waals surface area contributed by atoms with E-state index in [2.05, 4.69) is 26.0 Å². The van der Waals surface area contributed by atoms with Crippen molar-refractivity contribution < 1.29 is 14.3 Å². The zero-order chi connectivity index (χ0) is 11.3. The van der Waals surface area contributed by atoms with Crippen molar-refractivity contribution in [3.8, 4) is 0 Å². The maximum Gasteiger partial charge on any atom is 0.321 e. The second-order valence-corrected chi connectivity index (χ2v) is 4.90. The summed E-state index contributed by atoms with van der Waals surface area (Å²) >= 11 is 3.14. The van der Waals surface area contributed by atoms with Crippen LogP contribution in [0.25, 0.3) is 0 Å². The molecule has 0 saturated heterocycles. The van der Waals surface area contributed by atoms with Gasteiger partial charge >= 0.3 is 5.97 Å². The minimum atomic E-state index is -0.451. The molecule has 0 aromatic carbocycles. The highest BCUT2D eigenvalue weighted by molar-refractivity contribution is 9.10. The molecule has 0 aromatic rings. The number of amides is 1. The van der Waals surface area contributed by atoms with Crippen LogP contribution in [0.2, 0.25) is 0 Å². The van der Waals surface area contributed by atoms with Crippen molar-refractivity contribution >= 4 is 27.8 Å². The van der Waals surface area contributed by atoms with Crippen molar-refractivity contribution in [2.45, 2.75) is 30.5 Å². The number of halogens is 1. The van der Waals surface area contributed by atoms with Crippen LogP contribution in [0.5, 0.6) is 0 Å². The smallest absolute Gasteiger partial charge is 0.321 e. The number of hydrogen-bond donors (Lipinski definition) is 1. The number of carbonyl (C=O) groups excluding carboxylic acids is 2. The molecule has 1 atom stereocenters. The molecule has 86 valence electrons. The van der Waals surface area contributed by atoms with Crippen LogP contribution in [-0.2, 0) is 14.3 Å². The lowest BCUT2D eigenvalue weighted by molar-refractivity contribution is -0.139. The van der Waals surface area contributed by atoms with Gasteiger partial charge in [-0.3, -0.25) is 9.59 Å². The van der Waals surface area contributed by atoms with Crippen molar-refractivity contribution in [2.24, 2.45) is 5.92 Å². The van der Waals surface area contributed by atoms with Gasteiger partial charge in [-0.1, -0.05) is 22.4 Å². The average Bonchev–Trinajstić information content (AvgIpc) is 2.18. The summed E-state index contributed by atoms with van der Waals surface area (Å²) in [7, 11) is 1.33. The van der Waals surface area contributed by atoms with Crippen molar-refractivity contribution in [1.82, 2.24) is 5.32 Å². The Morgan fingerprint density at radius 2 is 2.20 bits per heavy atom. The number of alkyl halides is 1. The highest BCUT2D eigenvalue weighted by atomic mass is 79.9. The summed E-state index contributed by atoms with van der Waals surface area (Å²) in [6.07, 6.45) is 4.13. The van der Waals surface area contributed by atoms with Gasteiger partial charge in [-0.2, -0.15) is 0 Å². The Morgan fingerprint density at radius 3 is 2.67 bits per heavy atom. The van der Waals surface area contributed by atoms with Gasteiger partial charge in [0.25, 0.3) is 0 Å². The summed E-state index contributed by atoms with van der Waals surface area (Å²) in [6, 6.07) is 0. The van der Waals surface area contributed by atoms with E-state index in [0.29, 0.717) is 12.3 Å². The Morgan fingerprint density at radius 1 is 1.53 bits per heavy atom. The molecule has 5 heteroatoms.